The lowest BCUT2D eigenvalue weighted by Crippen LogP contribution is -2.32. The van der Waals surface area contributed by atoms with Gasteiger partial charge in [-0.2, -0.15) is 5.10 Å². The molecule has 0 aliphatic carbocycles. The lowest BCUT2D eigenvalue weighted by Gasteiger charge is -2.13. The van der Waals surface area contributed by atoms with Crippen LogP contribution in [0.5, 0.6) is 0 Å². The number of hydrogen-bond donors (Lipinski definition) is 2. The molecule has 104 valence electrons. The minimum absolute atomic E-state index is 0.0242. The van der Waals surface area contributed by atoms with Crippen molar-refractivity contribution in [1.29, 1.82) is 0 Å². The van der Waals surface area contributed by atoms with Gasteiger partial charge in [-0.15, -0.1) is 0 Å². The quantitative estimate of drug-likeness (QED) is 0.869. The van der Waals surface area contributed by atoms with E-state index >= 15 is 0 Å². The smallest absolute Gasteiger partial charge is 0.271 e. The van der Waals surface area contributed by atoms with Gasteiger partial charge in [0.05, 0.1) is 5.69 Å². The molecule has 1 atom stereocenters. The summed E-state index contributed by atoms with van der Waals surface area (Å²) in [5.74, 6) is -0.0242. The summed E-state index contributed by atoms with van der Waals surface area (Å²) in [5.41, 5.74) is 9.35. The van der Waals surface area contributed by atoms with E-state index in [0.717, 1.165) is 24.2 Å². The van der Waals surface area contributed by atoms with Gasteiger partial charge < -0.3 is 10.6 Å². The van der Waals surface area contributed by atoms with Crippen LogP contribution in [0.3, 0.4) is 0 Å². The average molecular weight is 270 g/mol. The number of hydrogen-bond acceptors (Lipinski definition) is 3. The Labute approximate surface area is 117 Å². The topological polar surface area (TPSA) is 75.0 Å². The molecular formula is C15H18N4O. The number of nitrogens with two attached hydrogens (primary N) is 1. The van der Waals surface area contributed by atoms with Crippen molar-refractivity contribution in [1.82, 2.24) is 15.1 Å². The Balaban J connectivity index is 1.79. The van der Waals surface area contributed by atoms with Crippen LogP contribution < -0.4 is 5.73 Å². The van der Waals surface area contributed by atoms with Crippen LogP contribution in [0, 0.1) is 6.92 Å². The number of aryl methyl sites for hydroxylation is 1. The monoisotopic (exact) mass is 270 g/mol. The third-order valence-corrected chi connectivity index (χ3v) is 3.67. The number of carbonyl (C=O) groups excluding carboxylic acids is 1. The summed E-state index contributed by atoms with van der Waals surface area (Å²) in [6, 6.07) is 9.97. The normalized spacial score (nSPS) is 18.5. The van der Waals surface area contributed by atoms with Crippen LogP contribution in [0.1, 0.15) is 22.5 Å². The summed E-state index contributed by atoms with van der Waals surface area (Å²) < 4.78 is 0. The lowest BCUT2D eigenvalue weighted by molar-refractivity contribution is 0.0785. The molecule has 0 bridgehead atoms. The molecule has 1 aliphatic rings. The molecule has 2 aromatic rings. The SMILES string of the molecule is Cc1ccc(-c2cc(C(=O)N3CCC(N)C3)[nH]n2)cc1. The van der Waals surface area contributed by atoms with Crippen LogP contribution in [0.4, 0.5) is 0 Å². The lowest BCUT2D eigenvalue weighted by atomic mass is 10.1. The van der Waals surface area contributed by atoms with Crippen molar-refractivity contribution in [3.05, 3.63) is 41.6 Å². The molecule has 0 saturated carbocycles. The second-order valence-corrected chi connectivity index (χ2v) is 5.33. The highest BCUT2D eigenvalue weighted by atomic mass is 16.2. The molecule has 1 aromatic carbocycles. The summed E-state index contributed by atoms with van der Waals surface area (Å²) in [5, 5.41) is 7.05. The fraction of sp³-hybridized carbons (Fsp3) is 0.333. The molecule has 2 heterocycles. The summed E-state index contributed by atoms with van der Waals surface area (Å²) >= 11 is 0. The van der Waals surface area contributed by atoms with Crippen LogP contribution in [-0.2, 0) is 0 Å². The predicted octanol–water partition coefficient (Wildman–Crippen LogP) is 1.56. The summed E-state index contributed by atoms with van der Waals surface area (Å²) in [6.45, 7) is 3.39. The van der Waals surface area contributed by atoms with E-state index in [-0.39, 0.29) is 11.9 Å². The Kier molecular flexibility index (Phi) is 3.28. The molecule has 1 unspecified atom stereocenters. The van der Waals surface area contributed by atoms with Crippen molar-refractivity contribution >= 4 is 5.91 Å². The number of nitrogens with zero attached hydrogens (tertiary/aromatic N) is 2. The average Bonchev–Trinajstić information content (AvgIpc) is 3.08. The highest BCUT2D eigenvalue weighted by Crippen LogP contribution is 2.19. The number of nitrogens with one attached hydrogen (secondary N) is 1. The molecule has 1 amide bonds. The highest BCUT2D eigenvalue weighted by molar-refractivity contribution is 5.93. The maximum Gasteiger partial charge on any atom is 0.271 e. The van der Waals surface area contributed by atoms with Gasteiger partial charge in [-0.1, -0.05) is 29.8 Å². The van der Waals surface area contributed by atoms with Crippen molar-refractivity contribution in [2.75, 3.05) is 13.1 Å². The largest absolute Gasteiger partial charge is 0.336 e. The molecule has 3 rings (SSSR count). The van der Waals surface area contributed by atoms with Crippen LogP contribution in [-0.4, -0.2) is 40.1 Å². The Morgan fingerprint density at radius 1 is 1.40 bits per heavy atom. The van der Waals surface area contributed by atoms with Crippen molar-refractivity contribution in [3.63, 3.8) is 0 Å². The molecule has 1 aliphatic heterocycles. The van der Waals surface area contributed by atoms with Gasteiger partial charge in [-0.05, 0) is 19.4 Å². The molecule has 1 saturated heterocycles. The number of benzene rings is 1. The molecular weight excluding hydrogens is 252 g/mol. The summed E-state index contributed by atoms with van der Waals surface area (Å²) in [4.78, 5) is 14.1. The second-order valence-electron chi connectivity index (χ2n) is 5.33. The van der Waals surface area contributed by atoms with Gasteiger partial charge in [0.15, 0.2) is 0 Å². The number of H-pyrrole nitrogens is 1. The summed E-state index contributed by atoms with van der Waals surface area (Å²) in [6.07, 6.45) is 0.866. The number of aromatic nitrogens is 2. The van der Waals surface area contributed by atoms with Gasteiger partial charge in [0, 0.05) is 24.7 Å². The molecule has 5 heteroatoms. The Hall–Kier alpha value is -2.14. The van der Waals surface area contributed by atoms with Crippen molar-refractivity contribution < 1.29 is 4.79 Å². The minimum atomic E-state index is -0.0242. The van der Waals surface area contributed by atoms with Crippen molar-refractivity contribution in [3.8, 4) is 11.3 Å². The first-order chi connectivity index (χ1) is 9.63. The standard InChI is InChI=1S/C15H18N4O/c1-10-2-4-11(5-3-10)13-8-14(18-17-13)15(20)19-7-6-12(16)9-19/h2-5,8,12H,6-7,9,16H2,1H3,(H,17,18). The van der Waals surface area contributed by atoms with E-state index in [1.807, 2.05) is 31.2 Å². The number of likely N-dealkylation sites (tertiary alicyclic amines) is 1. The van der Waals surface area contributed by atoms with Gasteiger partial charge in [0.1, 0.15) is 5.69 Å². The second kappa shape index (κ2) is 5.09. The van der Waals surface area contributed by atoms with Crippen LogP contribution in [0.2, 0.25) is 0 Å². The third kappa shape index (κ3) is 2.44. The molecule has 5 nitrogen and oxygen atoms in total. The van der Waals surface area contributed by atoms with Gasteiger partial charge in [0.2, 0.25) is 0 Å². The molecule has 0 spiro atoms. The Bertz CT molecular complexity index is 617. The Morgan fingerprint density at radius 2 is 2.15 bits per heavy atom. The van der Waals surface area contributed by atoms with Gasteiger partial charge in [-0.25, -0.2) is 0 Å². The van der Waals surface area contributed by atoms with Gasteiger partial charge in [0.25, 0.3) is 5.91 Å². The van der Waals surface area contributed by atoms with Crippen LogP contribution in [0.15, 0.2) is 30.3 Å². The van der Waals surface area contributed by atoms with E-state index in [4.69, 9.17) is 5.73 Å². The molecule has 1 aromatic heterocycles. The fourth-order valence-electron chi connectivity index (χ4n) is 2.45. The zero-order chi connectivity index (χ0) is 14.1. The maximum absolute atomic E-state index is 12.3. The fourth-order valence-corrected chi connectivity index (χ4v) is 2.45. The van der Waals surface area contributed by atoms with Crippen LogP contribution >= 0.6 is 0 Å². The highest BCUT2D eigenvalue weighted by Gasteiger charge is 2.25. The van der Waals surface area contributed by atoms with E-state index in [9.17, 15) is 4.79 Å². The summed E-state index contributed by atoms with van der Waals surface area (Å²) in [7, 11) is 0. The van der Waals surface area contributed by atoms with Gasteiger partial charge >= 0.3 is 0 Å². The molecule has 3 N–H and O–H groups in total. The maximum atomic E-state index is 12.3. The Morgan fingerprint density at radius 3 is 2.80 bits per heavy atom. The number of carbonyl (C=O) groups is 1. The van der Waals surface area contributed by atoms with E-state index in [1.54, 1.807) is 11.0 Å². The number of aromatic amines is 1. The zero-order valence-corrected chi connectivity index (χ0v) is 11.5. The minimum Gasteiger partial charge on any atom is -0.336 e. The van der Waals surface area contributed by atoms with E-state index in [2.05, 4.69) is 10.2 Å². The number of amides is 1. The third-order valence-electron chi connectivity index (χ3n) is 3.67. The molecule has 20 heavy (non-hydrogen) atoms. The first kappa shape index (κ1) is 12.9. The van der Waals surface area contributed by atoms with Crippen LogP contribution in [0.25, 0.3) is 11.3 Å². The van der Waals surface area contributed by atoms with Crippen molar-refractivity contribution in [2.24, 2.45) is 5.73 Å². The first-order valence-corrected chi connectivity index (χ1v) is 6.81. The first-order valence-electron chi connectivity index (χ1n) is 6.81. The predicted molar refractivity (Wildman–Crippen MR) is 77.3 cm³/mol. The molecule has 1 fully saturated rings. The molecule has 0 radical (unpaired) electrons. The zero-order valence-electron chi connectivity index (χ0n) is 11.5. The van der Waals surface area contributed by atoms with E-state index in [0.29, 0.717) is 12.2 Å². The number of rotatable bonds is 2. The van der Waals surface area contributed by atoms with Gasteiger partial charge in [-0.3, -0.25) is 9.89 Å². The van der Waals surface area contributed by atoms with E-state index < -0.39 is 0 Å². The van der Waals surface area contributed by atoms with E-state index in [1.165, 1.54) is 5.56 Å². The van der Waals surface area contributed by atoms with Crippen molar-refractivity contribution in [2.45, 2.75) is 19.4 Å².